The highest BCUT2D eigenvalue weighted by atomic mass is 19.1. The van der Waals surface area contributed by atoms with Gasteiger partial charge in [-0.3, -0.25) is 0 Å². The zero-order valence-corrected chi connectivity index (χ0v) is 8.16. The van der Waals surface area contributed by atoms with Crippen LogP contribution >= 0.6 is 0 Å². The number of rotatable bonds is 2. The van der Waals surface area contributed by atoms with Crippen LogP contribution in [0.15, 0.2) is 18.2 Å². The van der Waals surface area contributed by atoms with Gasteiger partial charge in [-0.2, -0.15) is 0 Å². The van der Waals surface area contributed by atoms with E-state index in [9.17, 15) is 4.39 Å². The number of hydrogen-bond acceptors (Lipinski definition) is 1. The number of hydrogen-bond donors (Lipinski definition) is 0. The predicted octanol–water partition coefficient (Wildman–Crippen LogP) is 1.89. The normalized spacial score (nSPS) is 21.1. The minimum absolute atomic E-state index is 0.180. The van der Waals surface area contributed by atoms with Crippen molar-refractivity contribution in [3.63, 3.8) is 0 Å². The lowest BCUT2D eigenvalue weighted by Crippen LogP contribution is -2.17. The van der Waals surface area contributed by atoms with Gasteiger partial charge < -0.3 is 4.74 Å². The maximum atomic E-state index is 12.9. The molecule has 1 aliphatic rings. The Bertz CT molecular complexity index is 321. The van der Waals surface area contributed by atoms with E-state index in [2.05, 4.69) is 5.32 Å². The summed E-state index contributed by atoms with van der Waals surface area (Å²) in [7, 11) is 0. The molecule has 0 amide bonds. The first-order valence-electron chi connectivity index (χ1n) is 4.82. The second kappa shape index (κ2) is 3.96. The Hall–Kier alpha value is -1.09. The van der Waals surface area contributed by atoms with Crippen molar-refractivity contribution in [1.82, 2.24) is 5.32 Å². The van der Waals surface area contributed by atoms with Crippen molar-refractivity contribution in [3.8, 4) is 5.75 Å². The molecule has 14 heavy (non-hydrogen) atoms. The molecule has 0 aliphatic carbocycles. The van der Waals surface area contributed by atoms with E-state index in [1.165, 1.54) is 6.07 Å². The SMILES string of the molecule is Cc1cc(OC2CC[N]C2)ccc1F. The molecular weight excluding hydrogens is 181 g/mol. The topological polar surface area (TPSA) is 23.3 Å². The van der Waals surface area contributed by atoms with Gasteiger partial charge in [0.1, 0.15) is 17.7 Å². The van der Waals surface area contributed by atoms with Crippen LogP contribution in [0.25, 0.3) is 0 Å². The van der Waals surface area contributed by atoms with Gasteiger partial charge in [0.15, 0.2) is 0 Å². The van der Waals surface area contributed by atoms with E-state index in [1.54, 1.807) is 19.1 Å². The first kappa shape index (κ1) is 9.46. The molecule has 0 aromatic heterocycles. The quantitative estimate of drug-likeness (QED) is 0.705. The molecule has 1 aromatic rings. The Morgan fingerprint density at radius 2 is 2.36 bits per heavy atom. The molecule has 1 saturated heterocycles. The summed E-state index contributed by atoms with van der Waals surface area (Å²) in [6.45, 7) is 3.38. The second-order valence-electron chi connectivity index (χ2n) is 3.57. The number of benzene rings is 1. The molecule has 2 nitrogen and oxygen atoms in total. The molecule has 0 spiro atoms. The summed E-state index contributed by atoms with van der Waals surface area (Å²) < 4.78 is 18.6. The number of nitrogens with zero attached hydrogens (tertiary/aromatic N) is 1. The smallest absolute Gasteiger partial charge is 0.126 e. The maximum absolute atomic E-state index is 12.9. The van der Waals surface area contributed by atoms with Crippen LogP contribution in [0.4, 0.5) is 4.39 Å². The van der Waals surface area contributed by atoms with Gasteiger partial charge >= 0.3 is 0 Å². The van der Waals surface area contributed by atoms with E-state index in [4.69, 9.17) is 4.74 Å². The van der Waals surface area contributed by atoms with Crippen molar-refractivity contribution in [3.05, 3.63) is 29.6 Å². The van der Waals surface area contributed by atoms with Crippen LogP contribution in [-0.4, -0.2) is 19.2 Å². The number of ether oxygens (including phenoxy) is 1. The standard InChI is InChI=1S/C11H13FNO/c1-8-6-9(2-3-11(8)12)14-10-4-5-13-7-10/h2-3,6,10H,4-5,7H2,1H3. The molecule has 75 valence electrons. The fraction of sp³-hybridized carbons (Fsp3) is 0.455. The predicted molar refractivity (Wildman–Crippen MR) is 52.0 cm³/mol. The van der Waals surface area contributed by atoms with Crippen LogP contribution in [0, 0.1) is 12.7 Å². The molecule has 2 rings (SSSR count). The van der Waals surface area contributed by atoms with Crippen LogP contribution in [0.1, 0.15) is 12.0 Å². The molecule has 1 heterocycles. The summed E-state index contributed by atoms with van der Waals surface area (Å²) in [5, 5.41) is 4.20. The third-order valence-electron chi connectivity index (χ3n) is 2.37. The molecule has 0 N–H and O–H groups in total. The third-order valence-corrected chi connectivity index (χ3v) is 2.37. The summed E-state index contributed by atoms with van der Waals surface area (Å²) in [5.41, 5.74) is 0.623. The summed E-state index contributed by atoms with van der Waals surface area (Å²) in [4.78, 5) is 0. The van der Waals surface area contributed by atoms with E-state index < -0.39 is 0 Å². The largest absolute Gasteiger partial charge is 0.489 e. The minimum atomic E-state index is -0.187. The molecule has 0 saturated carbocycles. The Morgan fingerprint density at radius 3 is 3.00 bits per heavy atom. The lowest BCUT2D eigenvalue weighted by atomic mass is 10.2. The van der Waals surface area contributed by atoms with Gasteiger partial charge in [0.25, 0.3) is 0 Å². The zero-order chi connectivity index (χ0) is 9.97. The molecule has 1 aromatic carbocycles. The van der Waals surface area contributed by atoms with Gasteiger partial charge in [0.05, 0.1) is 6.54 Å². The summed E-state index contributed by atoms with van der Waals surface area (Å²) >= 11 is 0. The monoisotopic (exact) mass is 194 g/mol. The fourth-order valence-electron chi connectivity index (χ4n) is 1.54. The molecule has 1 radical (unpaired) electrons. The number of halogens is 1. The van der Waals surface area contributed by atoms with Gasteiger partial charge in [-0.15, -0.1) is 0 Å². The molecule has 1 unspecified atom stereocenters. The average Bonchev–Trinajstić information content (AvgIpc) is 2.64. The highest BCUT2D eigenvalue weighted by Gasteiger charge is 2.17. The van der Waals surface area contributed by atoms with E-state index in [0.29, 0.717) is 5.56 Å². The molecule has 1 fully saturated rings. The Kier molecular flexibility index (Phi) is 2.68. The average molecular weight is 194 g/mol. The molecular formula is C11H13FNO. The van der Waals surface area contributed by atoms with Crippen LogP contribution in [0.2, 0.25) is 0 Å². The van der Waals surface area contributed by atoms with E-state index in [1.807, 2.05) is 0 Å². The van der Waals surface area contributed by atoms with Crippen LogP contribution in [0.3, 0.4) is 0 Å². The molecule has 0 bridgehead atoms. The number of aryl methyl sites for hydroxylation is 1. The van der Waals surface area contributed by atoms with Crippen LogP contribution < -0.4 is 10.1 Å². The first-order valence-corrected chi connectivity index (χ1v) is 4.82. The van der Waals surface area contributed by atoms with Gasteiger partial charge in [-0.1, -0.05) is 0 Å². The first-order chi connectivity index (χ1) is 6.75. The summed E-state index contributed by atoms with van der Waals surface area (Å²) in [6.07, 6.45) is 1.15. The Balaban J connectivity index is 2.05. The molecule has 3 heteroatoms. The van der Waals surface area contributed by atoms with Gasteiger partial charge in [-0.05, 0) is 37.1 Å². The van der Waals surface area contributed by atoms with Crippen molar-refractivity contribution in [2.75, 3.05) is 13.1 Å². The summed E-state index contributed by atoms with van der Waals surface area (Å²) in [6, 6.07) is 4.84. The third kappa shape index (κ3) is 2.04. The van der Waals surface area contributed by atoms with Crippen molar-refractivity contribution in [2.45, 2.75) is 19.4 Å². The van der Waals surface area contributed by atoms with E-state index >= 15 is 0 Å². The van der Waals surface area contributed by atoms with Crippen LogP contribution in [0.5, 0.6) is 5.75 Å². The van der Waals surface area contributed by atoms with Gasteiger partial charge in [0.2, 0.25) is 0 Å². The van der Waals surface area contributed by atoms with Crippen molar-refractivity contribution < 1.29 is 9.13 Å². The Morgan fingerprint density at radius 1 is 1.50 bits per heavy atom. The highest BCUT2D eigenvalue weighted by Crippen LogP contribution is 2.18. The van der Waals surface area contributed by atoms with Crippen molar-refractivity contribution in [1.29, 1.82) is 0 Å². The van der Waals surface area contributed by atoms with Gasteiger partial charge in [-0.25, -0.2) is 9.71 Å². The molecule has 1 atom stereocenters. The lowest BCUT2D eigenvalue weighted by molar-refractivity contribution is 0.222. The fourth-order valence-corrected chi connectivity index (χ4v) is 1.54. The maximum Gasteiger partial charge on any atom is 0.126 e. The Labute approximate surface area is 83.1 Å². The minimum Gasteiger partial charge on any atom is -0.489 e. The second-order valence-corrected chi connectivity index (χ2v) is 3.57. The van der Waals surface area contributed by atoms with Crippen LogP contribution in [-0.2, 0) is 0 Å². The lowest BCUT2D eigenvalue weighted by Gasteiger charge is -2.12. The summed E-state index contributed by atoms with van der Waals surface area (Å²) in [5.74, 6) is 0.555. The van der Waals surface area contributed by atoms with E-state index in [0.717, 1.165) is 25.3 Å². The molecule has 1 aliphatic heterocycles. The van der Waals surface area contributed by atoms with Crippen molar-refractivity contribution >= 4 is 0 Å². The highest BCUT2D eigenvalue weighted by molar-refractivity contribution is 5.29. The van der Waals surface area contributed by atoms with Gasteiger partial charge in [0, 0.05) is 6.54 Å². The van der Waals surface area contributed by atoms with Crippen molar-refractivity contribution in [2.24, 2.45) is 0 Å². The zero-order valence-electron chi connectivity index (χ0n) is 8.16. The van der Waals surface area contributed by atoms with E-state index in [-0.39, 0.29) is 11.9 Å².